The minimum Gasteiger partial charge on any atom is -0.241 e. The van der Waals surface area contributed by atoms with Crippen molar-refractivity contribution in [3.8, 4) is 11.3 Å². The molecule has 0 amide bonds. The highest BCUT2D eigenvalue weighted by atomic mass is 79.9. The molecule has 15 heavy (non-hydrogen) atoms. The van der Waals surface area contributed by atoms with Gasteiger partial charge in [0.05, 0.1) is 5.69 Å². The molecule has 0 N–H and O–H groups in total. The first-order valence-corrected chi connectivity index (χ1v) is 5.67. The molecule has 3 heteroatoms. The van der Waals surface area contributed by atoms with Gasteiger partial charge in [-0.05, 0) is 18.2 Å². The average molecular weight is 263 g/mol. The number of halogens is 1. The van der Waals surface area contributed by atoms with Gasteiger partial charge in [0.2, 0.25) is 0 Å². The second kappa shape index (κ2) is 4.53. The molecule has 0 atom stereocenters. The van der Waals surface area contributed by atoms with Crippen molar-refractivity contribution in [2.45, 2.75) is 13.3 Å². The maximum atomic E-state index is 4.46. The number of aryl methyl sites for hydroxylation is 1. The Kier molecular flexibility index (Phi) is 3.11. The highest BCUT2D eigenvalue weighted by Gasteiger charge is 2.00. The quantitative estimate of drug-likeness (QED) is 0.829. The van der Waals surface area contributed by atoms with Crippen molar-refractivity contribution in [2.75, 3.05) is 0 Å². The van der Waals surface area contributed by atoms with Crippen LogP contribution in [0.25, 0.3) is 11.3 Å². The predicted octanol–water partition coefficient (Wildman–Crippen LogP) is 3.47. The SMILES string of the molecule is CCc1nccc(-c2ccc(Br)cc2)n1. The molecule has 76 valence electrons. The van der Waals surface area contributed by atoms with E-state index in [0.717, 1.165) is 28.0 Å². The van der Waals surface area contributed by atoms with E-state index in [1.54, 1.807) is 0 Å². The van der Waals surface area contributed by atoms with Crippen molar-refractivity contribution < 1.29 is 0 Å². The molecule has 2 aromatic rings. The molecular formula is C12H11BrN2. The number of hydrogen-bond donors (Lipinski definition) is 0. The number of aromatic nitrogens is 2. The lowest BCUT2D eigenvalue weighted by atomic mass is 10.1. The predicted molar refractivity (Wildman–Crippen MR) is 64.5 cm³/mol. The summed E-state index contributed by atoms with van der Waals surface area (Å²) in [5, 5.41) is 0. The van der Waals surface area contributed by atoms with Crippen LogP contribution in [-0.4, -0.2) is 9.97 Å². The molecule has 0 spiro atoms. The molecular weight excluding hydrogens is 252 g/mol. The first kappa shape index (κ1) is 10.3. The van der Waals surface area contributed by atoms with Gasteiger partial charge in [-0.3, -0.25) is 0 Å². The molecule has 2 nitrogen and oxygen atoms in total. The van der Waals surface area contributed by atoms with E-state index in [9.17, 15) is 0 Å². The van der Waals surface area contributed by atoms with Crippen LogP contribution in [0.15, 0.2) is 41.0 Å². The molecule has 0 aliphatic rings. The fourth-order valence-electron chi connectivity index (χ4n) is 1.35. The first-order valence-electron chi connectivity index (χ1n) is 4.87. The minimum atomic E-state index is 0.865. The van der Waals surface area contributed by atoms with Gasteiger partial charge in [-0.1, -0.05) is 35.0 Å². The second-order valence-corrected chi connectivity index (χ2v) is 4.13. The Morgan fingerprint density at radius 2 is 1.87 bits per heavy atom. The standard InChI is InChI=1S/C12H11BrN2/c1-2-12-14-8-7-11(15-12)9-3-5-10(13)6-4-9/h3-8H,2H2,1H3. The molecule has 0 unspecified atom stereocenters. The molecule has 1 aromatic carbocycles. The highest BCUT2D eigenvalue weighted by Crippen LogP contribution is 2.19. The Labute approximate surface area is 97.5 Å². The minimum absolute atomic E-state index is 0.865. The average Bonchev–Trinajstić information content (AvgIpc) is 2.30. The zero-order valence-electron chi connectivity index (χ0n) is 8.44. The van der Waals surface area contributed by atoms with Crippen molar-refractivity contribution in [3.05, 3.63) is 46.8 Å². The summed E-state index contributed by atoms with van der Waals surface area (Å²) in [5.41, 5.74) is 2.10. The number of rotatable bonds is 2. The normalized spacial score (nSPS) is 10.3. The Morgan fingerprint density at radius 1 is 1.13 bits per heavy atom. The largest absolute Gasteiger partial charge is 0.241 e. The lowest BCUT2D eigenvalue weighted by Gasteiger charge is -2.02. The number of hydrogen-bond acceptors (Lipinski definition) is 2. The summed E-state index contributed by atoms with van der Waals surface area (Å²) in [4.78, 5) is 8.65. The van der Waals surface area contributed by atoms with E-state index in [0.29, 0.717) is 0 Å². The van der Waals surface area contributed by atoms with Crippen LogP contribution in [0.1, 0.15) is 12.7 Å². The molecule has 0 fully saturated rings. The van der Waals surface area contributed by atoms with Crippen LogP contribution >= 0.6 is 15.9 Å². The summed E-state index contributed by atoms with van der Waals surface area (Å²) in [6, 6.07) is 10.1. The van der Waals surface area contributed by atoms with Crippen LogP contribution in [0.5, 0.6) is 0 Å². The van der Waals surface area contributed by atoms with E-state index in [1.165, 1.54) is 0 Å². The van der Waals surface area contributed by atoms with Gasteiger partial charge in [0.1, 0.15) is 5.82 Å². The van der Waals surface area contributed by atoms with Crippen LogP contribution in [0, 0.1) is 0 Å². The third kappa shape index (κ3) is 2.42. The zero-order chi connectivity index (χ0) is 10.7. The lowest BCUT2D eigenvalue weighted by molar-refractivity contribution is 0.943. The summed E-state index contributed by atoms with van der Waals surface area (Å²) < 4.78 is 1.08. The third-order valence-electron chi connectivity index (χ3n) is 2.16. The van der Waals surface area contributed by atoms with E-state index < -0.39 is 0 Å². The van der Waals surface area contributed by atoms with Gasteiger partial charge in [-0.15, -0.1) is 0 Å². The van der Waals surface area contributed by atoms with Crippen molar-refractivity contribution >= 4 is 15.9 Å². The molecule has 0 aliphatic carbocycles. The van der Waals surface area contributed by atoms with E-state index in [-0.39, 0.29) is 0 Å². The van der Waals surface area contributed by atoms with Gasteiger partial charge < -0.3 is 0 Å². The van der Waals surface area contributed by atoms with E-state index in [4.69, 9.17) is 0 Å². The maximum Gasteiger partial charge on any atom is 0.128 e. The monoisotopic (exact) mass is 262 g/mol. The molecule has 0 radical (unpaired) electrons. The number of nitrogens with zero attached hydrogens (tertiary/aromatic N) is 2. The van der Waals surface area contributed by atoms with Gasteiger partial charge in [-0.25, -0.2) is 9.97 Å². The Balaban J connectivity index is 2.40. The van der Waals surface area contributed by atoms with E-state index in [2.05, 4.69) is 32.8 Å². The van der Waals surface area contributed by atoms with Gasteiger partial charge >= 0.3 is 0 Å². The molecule has 2 rings (SSSR count). The third-order valence-corrected chi connectivity index (χ3v) is 2.69. The van der Waals surface area contributed by atoms with Crippen molar-refractivity contribution in [3.63, 3.8) is 0 Å². The Morgan fingerprint density at radius 3 is 2.53 bits per heavy atom. The van der Waals surface area contributed by atoms with Crippen LogP contribution in [0.3, 0.4) is 0 Å². The van der Waals surface area contributed by atoms with Crippen LogP contribution in [-0.2, 0) is 6.42 Å². The second-order valence-electron chi connectivity index (χ2n) is 3.22. The topological polar surface area (TPSA) is 25.8 Å². The summed E-state index contributed by atoms with van der Waals surface area (Å²) >= 11 is 3.41. The first-order chi connectivity index (χ1) is 7.29. The van der Waals surface area contributed by atoms with Crippen molar-refractivity contribution in [1.29, 1.82) is 0 Å². The molecule has 0 saturated carbocycles. The molecule has 0 aliphatic heterocycles. The van der Waals surface area contributed by atoms with E-state index >= 15 is 0 Å². The van der Waals surface area contributed by atoms with Crippen molar-refractivity contribution in [2.24, 2.45) is 0 Å². The molecule has 0 saturated heterocycles. The van der Waals surface area contributed by atoms with Crippen LogP contribution in [0.2, 0.25) is 0 Å². The Hall–Kier alpha value is -1.22. The molecule has 1 aromatic heterocycles. The lowest BCUT2D eigenvalue weighted by Crippen LogP contribution is -1.93. The molecule has 1 heterocycles. The summed E-state index contributed by atoms with van der Waals surface area (Å²) in [6.45, 7) is 2.06. The molecule has 0 bridgehead atoms. The zero-order valence-corrected chi connectivity index (χ0v) is 10.0. The van der Waals surface area contributed by atoms with Gasteiger partial charge in [0, 0.05) is 22.7 Å². The fraction of sp³-hybridized carbons (Fsp3) is 0.167. The summed E-state index contributed by atoms with van der Waals surface area (Å²) in [5.74, 6) is 0.885. The van der Waals surface area contributed by atoms with Crippen LogP contribution in [0.4, 0.5) is 0 Å². The van der Waals surface area contributed by atoms with Crippen molar-refractivity contribution in [1.82, 2.24) is 9.97 Å². The fourth-order valence-corrected chi connectivity index (χ4v) is 1.62. The smallest absolute Gasteiger partial charge is 0.128 e. The summed E-state index contributed by atoms with van der Waals surface area (Å²) in [7, 11) is 0. The summed E-state index contributed by atoms with van der Waals surface area (Å²) in [6.07, 6.45) is 2.67. The van der Waals surface area contributed by atoms with Gasteiger partial charge in [-0.2, -0.15) is 0 Å². The van der Waals surface area contributed by atoms with Gasteiger partial charge in [0.25, 0.3) is 0 Å². The van der Waals surface area contributed by atoms with Crippen LogP contribution < -0.4 is 0 Å². The highest BCUT2D eigenvalue weighted by molar-refractivity contribution is 9.10. The van der Waals surface area contributed by atoms with Gasteiger partial charge in [0.15, 0.2) is 0 Å². The Bertz CT molecular complexity index is 451. The maximum absolute atomic E-state index is 4.46. The number of benzene rings is 1. The van der Waals surface area contributed by atoms with E-state index in [1.807, 2.05) is 36.5 Å².